The van der Waals surface area contributed by atoms with Crippen molar-refractivity contribution in [2.45, 2.75) is 58.3 Å². The third-order valence-corrected chi connectivity index (χ3v) is 3.21. The molecule has 1 rings (SSSR count). The first kappa shape index (κ1) is 16.5. The molecule has 0 saturated carbocycles. The zero-order chi connectivity index (χ0) is 14.8. The van der Waals surface area contributed by atoms with Gasteiger partial charge < -0.3 is 11.1 Å². The molecular formula is C16H25FN2O. The van der Waals surface area contributed by atoms with E-state index < -0.39 is 5.82 Å². The highest BCUT2D eigenvalue weighted by atomic mass is 19.1. The largest absolute Gasteiger partial charge is 0.399 e. The van der Waals surface area contributed by atoms with E-state index in [9.17, 15) is 9.18 Å². The quantitative estimate of drug-likeness (QED) is 0.517. The number of carbonyl (C=O) groups is 1. The molecule has 0 heterocycles. The molecule has 20 heavy (non-hydrogen) atoms. The molecule has 0 aromatic heterocycles. The fraction of sp³-hybridized carbons (Fsp3) is 0.562. The topological polar surface area (TPSA) is 55.1 Å². The minimum absolute atomic E-state index is 0.0800. The molecular weight excluding hydrogens is 255 g/mol. The number of nitrogen functional groups attached to an aromatic ring is 1. The summed E-state index contributed by atoms with van der Waals surface area (Å²) in [7, 11) is 0. The van der Waals surface area contributed by atoms with Crippen molar-refractivity contribution in [1.29, 1.82) is 0 Å². The molecule has 4 heteroatoms. The van der Waals surface area contributed by atoms with E-state index in [4.69, 9.17) is 5.73 Å². The average Bonchev–Trinajstić information content (AvgIpc) is 2.36. The van der Waals surface area contributed by atoms with Gasteiger partial charge in [0.05, 0.1) is 0 Å². The molecule has 1 amide bonds. The molecule has 0 fully saturated rings. The van der Waals surface area contributed by atoms with E-state index in [1.807, 2.05) is 0 Å². The van der Waals surface area contributed by atoms with E-state index in [-0.39, 0.29) is 5.91 Å². The van der Waals surface area contributed by atoms with Gasteiger partial charge in [-0.05, 0) is 24.6 Å². The Morgan fingerprint density at radius 1 is 1.10 bits per heavy atom. The third kappa shape index (κ3) is 7.12. The van der Waals surface area contributed by atoms with Gasteiger partial charge in [-0.15, -0.1) is 0 Å². The van der Waals surface area contributed by atoms with Gasteiger partial charge in [-0.1, -0.05) is 45.4 Å². The molecule has 0 unspecified atom stereocenters. The minimum Gasteiger partial charge on any atom is -0.399 e. The Balaban J connectivity index is 2.17. The van der Waals surface area contributed by atoms with Crippen molar-refractivity contribution in [2.75, 3.05) is 11.1 Å². The second-order valence-corrected chi connectivity index (χ2v) is 5.19. The van der Waals surface area contributed by atoms with Crippen LogP contribution in [-0.2, 0) is 4.79 Å². The van der Waals surface area contributed by atoms with Crippen LogP contribution in [0.2, 0.25) is 0 Å². The number of carbonyl (C=O) groups excluding carboxylic acids is 1. The Kier molecular flexibility index (Phi) is 7.70. The second-order valence-electron chi connectivity index (χ2n) is 5.19. The van der Waals surface area contributed by atoms with Crippen LogP contribution in [0.25, 0.3) is 0 Å². The van der Waals surface area contributed by atoms with Gasteiger partial charge in [0, 0.05) is 17.8 Å². The Bertz CT molecular complexity index is 401. The van der Waals surface area contributed by atoms with Crippen LogP contribution >= 0.6 is 0 Å². The molecule has 3 nitrogen and oxygen atoms in total. The van der Waals surface area contributed by atoms with Gasteiger partial charge in [0.25, 0.3) is 0 Å². The minimum atomic E-state index is -0.434. The van der Waals surface area contributed by atoms with Crippen molar-refractivity contribution in [3.63, 3.8) is 0 Å². The van der Waals surface area contributed by atoms with Crippen LogP contribution in [0.5, 0.6) is 0 Å². The maximum Gasteiger partial charge on any atom is 0.224 e. The van der Waals surface area contributed by atoms with Crippen LogP contribution in [0.4, 0.5) is 15.8 Å². The predicted octanol–water partition coefficient (Wildman–Crippen LogP) is 4.49. The molecule has 0 aliphatic carbocycles. The van der Waals surface area contributed by atoms with Crippen molar-refractivity contribution in [3.05, 3.63) is 24.0 Å². The van der Waals surface area contributed by atoms with Gasteiger partial charge in [0.1, 0.15) is 5.82 Å². The van der Waals surface area contributed by atoms with Gasteiger partial charge >= 0.3 is 0 Å². The lowest BCUT2D eigenvalue weighted by Crippen LogP contribution is -2.11. The maximum atomic E-state index is 13.1. The lowest BCUT2D eigenvalue weighted by Gasteiger charge is -2.06. The number of nitrogens with one attached hydrogen (secondary N) is 1. The highest BCUT2D eigenvalue weighted by Crippen LogP contribution is 2.16. The van der Waals surface area contributed by atoms with E-state index in [0.29, 0.717) is 17.8 Å². The highest BCUT2D eigenvalue weighted by molar-refractivity contribution is 5.91. The molecule has 1 aromatic carbocycles. The zero-order valence-corrected chi connectivity index (χ0v) is 12.3. The molecule has 112 valence electrons. The molecule has 0 bridgehead atoms. The monoisotopic (exact) mass is 280 g/mol. The molecule has 1 aromatic rings. The Hall–Kier alpha value is -1.58. The number of anilines is 2. The Labute approximate surface area is 120 Å². The van der Waals surface area contributed by atoms with E-state index in [1.165, 1.54) is 44.2 Å². The molecule has 3 N–H and O–H groups in total. The van der Waals surface area contributed by atoms with E-state index in [1.54, 1.807) is 6.07 Å². The zero-order valence-electron chi connectivity index (χ0n) is 12.3. The molecule has 0 saturated heterocycles. The highest BCUT2D eigenvalue weighted by Gasteiger charge is 2.04. The normalized spacial score (nSPS) is 10.5. The van der Waals surface area contributed by atoms with Crippen molar-refractivity contribution >= 4 is 17.3 Å². The van der Waals surface area contributed by atoms with Crippen LogP contribution in [0.15, 0.2) is 18.2 Å². The lowest BCUT2D eigenvalue weighted by molar-refractivity contribution is -0.116. The van der Waals surface area contributed by atoms with Crippen LogP contribution in [0, 0.1) is 5.82 Å². The van der Waals surface area contributed by atoms with Gasteiger partial charge in [-0.3, -0.25) is 4.79 Å². The van der Waals surface area contributed by atoms with Crippen molar-refractivity contribution < 1.29 is 9.18 Å². The summed E-state index contributed by atoms with van der Waals surface area (Å²) in [6.07, 6.45) is 8.68. The van der Waals surface area contributed by atoms with Crippen molar-refractivity contribution in [2.24, 2.45) is 0 Å². The molecule has 0 spiro atoms. The van der Waals surface area contributed by atoms with Crippen LogP contribution in [-0.4, -0.2) is 5.91 Å². The summed E-state index contributed by atoms with van der Waals surface area (Å²) in [5.74, 6) is -0.514. The number of nitrogens with two attached hydrogens (primary N) is 1. The van der Waals surface area contributed by atoms with Gasteiger partial charge in [0.2, 0.25) is 5.91 Å². The maximum absolute atomic E-state index is 13.1. The summed E-state index contributed by atoms with van der Waals surface area (Å²) in [6.45, 7) is 2.20. The fourth-order valence-electron chi connectivity index (χ4n) is 2.15. The van der Waals surface area contributed by atoms with Gasteiger partial charge in [0.15, 0.2) is 0 Å². The SMILES string of the molecule is CCCCCCCCCC(=O)Nc1cc(N)cc(F)c1. The Morgan fingerprint density at radius 2 is 1.75 bits per heavy atom. The summed E-state index contributed by atoms with van der Waals surface area (Å²) >= 11 is 0. The molecule has 0 aliphatic heterocycles. The summed E-state index contributed by atoms with van der Waals surface area (Å²) in [5, 5.41) is 2.68. The average molecular weight is 280 g/mol. The van der Waals surface area contributed by atoms with Gasteiger partial charge in [-0.25, -0.2) is 4.39 Å². The van der Waals surface area contributed by atoms with Gasteiger partial charge in [-0.2, -0.15) is 0 Å². The predicted molar refractivity (Wildman–Crippen MR) is 82.1 cm³/mol. The number of halogens is 1. The fourth-order valence-corrected chi connectivity index (χ4v) is 2.15. The summed E-state index contributed by atoms with van der Waals surface area (Å²) in [4.78, 5) is 11.7. The lowest BCUT2D eigenvalue weighted by atomic mass is 10.1. The first-order chi connectivity index (χ1) is 9.61. The smallest absolute Gasteiger partial charge is 0.224 e. The summed E-state index contributed by atoms with van der Waals surface area (Å²) < 4.78 is 13.1. The van der Waals surface area contributed by atoms with Crippen LogP contribution in [0.1, 0.15) is 58.3 Å². The number of rotatable bonds is 9. The van der Waals surface area contributed by atoms with Crippen molar-refractivity contribution in [1.82, 2.24) is 0 Å². The summed E-state index contributed by atoms with van der Waals surface area (Å²) in [6, 6.07) is 4.07. The first-order valence-corrected chi connectivity index (χ1v) is 7.47. The number of hydrogen-bond acceptors (Lipinski definition) is 2. The summed E-state index contributed by atoms with van der Waals surface area (Å²) in [5.41, 5.74) is 6.27. The third-order valence-electron chi connectivity index (χ3n) is 3.21. The van der Waals surface area contributed by atoms with Crippen LogP contribution < -0.4 is 11.1 Å². The standard InChI is InChI=1S/C16H25FN2O/c1-2-3-4-5-6-7-8-9-16(20)19-15-11-13(17)10-14(18)12-15/h10-12H,2-9,18H2,1H3,(H,19,20). The van der Waals surface area contributed by atoms with E-state index >= 15 is 0 Å². The number of benzene rings is 1. The van der Waals surface area contributed by atoms with Crippen LogP contribution in [0.3, 0.4) is 0 Å². The Morgan fingerprint density at radius 3 is 2.40 bits per heavy atom. The van der Waals surface area contributed by atoms with Crippen molar-refractivity contribution in [3.8, 4) is 0 Å². The number of amides is 1. The number of unbranched alkanes of at least 4 members (excludes halogenated alkanes) is 6. The first-order valence-electron chi connectivity index (χ1n) is 7.47. The second kappa shape index (κ2) is 9.34. The van der Waals surface area contributed by atoms with E-state index in [0.717, 1.165) is 12.8 Å². The number of hydrogen-bond donors (Lipinski definition) is 2. The van der Waals surface area contributed by atoms with E-state index in [2.05, 4.69) is 12.2 Å². The molecule has 0 aliphatic rings. The molecule has 0 radical (unpaired) electrons. The molecule has 0 atom stereocenters.